The molecule has 2 aliphatic heterocycles. The van der Waals surface area contributed by atoms with E-state index in [9.17, 15) is 0 Å². The maximum absolute atomic E-state index is 3.53. The van der Waals surface area contributed by atoms with Gasteiger partial charge in [0.1, 0.15) is 0 Å². The Bertz CT molecular complexity index is 239. The SMILES string of the molecule is CC1=CCN(CC2(C)CCCNC2)CC1. The summed E-state index contributed by atoms with van der Waals surface area (Å²) in [6, 6.07) is 0. The van der Waals surface area contributed by atoms with Gasteiger partial charge in [0.2, 0.25) is 0 Å². The monoisotopic (exact) mass is 208 g/mol. The lowest BCUT2D eigenvalue weighted by atomic mass is 9.82. The van der Waals surface area contributed by atoms with Gasteiger partial charge in [-0.25, -0.2) is 0 Å². The second-order valence-corrected chi connectivity index (χ2v) is 5.63. The molecule has 2 aliphatic rings. The molecule has 0 aromatic rings. The fourth-order valence-electron chi connectivity index (χ4n) is 2.75. The van der Waals surface area contributed by atoms with Crippen molar-refractivity contribution in [1.82, 2.24) is 10.2 Å². The Morgan fingerprint density at radius 3 is 3.00 bits per heavy atom. The van der Waals surface area contributed by atoms with Gasteiger partial charge >= 0.3 is 0 Å². The lowest BCUT2D eigenvalue weighted by Crippen LogP contribution is -2.46. The summed E-state index contributed by atoms with van der Waals surface area (Å²) >= 11 is 0. The van der Waals surface area contributed by atoms with Crippen LogP contribution in [-0.4, -0.2) is 37.6 Å². The van der Waals surface area contributed by atoms with Gasteiger partial charge in [-0.05, 0) is 38.1 Å². The molecule has 1 atom stereocenters. The third-order valence-electron chi connectivity index (χ3n) is 3.81. The number of nitrogens with zero attached hydrogens (tertiary/aromatic N) is 1. The van der Waals surface area contributed by atoms with Crippen molar-refractivity contribution in [2.24, 2.45) is 5.41 Å². The second kappa shape index (κ2) is 4.67. The molecule has 0 bridgehead atoms. The molecule has 1 saturated heterocycles. The molecule has 0 aromatic carbocycles. The minimum atomic E-state index is 0.511. The van der Waals surface area contributed by atoms with E-state index in [2.05, 4.69) is 30.1 Å². The van der Waals surface area contributed by atoms with E-state index >= 15 is 0 Å². The van der Waals surface area contributed by atoms with Crippen molar-refractivity contribution in [2.45, 2.75) is 33.1 Å². The summed E-state index contributed by atoms with van der Waals surface area (Å²) in [5.41, 5.74) is 2.08. The lowest BCUT2D eigenvalue weighted by molar-refractivity contribution is 0.139. The minimum Gasteiger partial charge on any atom is -0.316 e. The summed E-state index contributed by atoms with van der Waals surface area (Å²) in [6.07, 6.45) is 6.39. The maximum atomic E-state index is 3.53. The van der Waals surface area contributed by atoms with E-state index in [-0.39, 0.29) is 0 Å². The molecule has 2 heteroatoms. The van der Waals surface area contributed by atoms with Crippen molar-refractivity contribution in [3.63, 3.8) is 0 Å². The van der Waals surface area contributed by atoms with E-state index in [1.54, 1.807) is 5.57 Å². The first-order valence-corrected chi connectivity index (χ1v) is 6.27. The summed E-state index contributed by atoms with van der Waals surface area (Å²) < 4.78 is 0. The van der Waals surface area contributed by atoms with E-state index in [0.29, 0.717) is 5.41 Å². The van der Waals surface area contributed by atoms with E-state index < -0.39 is 0 Å². The summed E-state index contributed by atoms with van der Waals surface area (Å²) in [6.45, 7) is 10.8. The predicted octanol–water partition coefficient (Wildman–Crippen LogP) is 2.03. The topological polar surface area (TPSA) is 15.3 Å². The molecule has 0 amide bonds. The van der Waals surface area contributed by atoms with Crippen LogP contribution >= 0.6 is 0 Å². The Hall–Kier alpha value is -0.340. The fraction of sp³-hybridized carbons (Fsp3) is 0.846. The van der Waals surface area contributed by atoms with Gasteiger partial charge in [-0.1, -0.05) is 18.6 Å². The van der Waals surface area contributed by atoms with Crippen LogP contribution in [0.2, 0.25) is 0 Å². The normalized spacial score (nSPS) is 33.9. The van der Waals surface area contributed by atoms with Crippen LogP contribution in [0.25, 0.3) is 0 Å². The zero-order valence-electron chi connectivity index (χ0n) is 10.2. The van der Waals surface area contributed by atoms with Crippen molar-refractivity contribution in [2.75, 3.05) is 32.7 Å². The highest BCUT2D eigenvalue weighted by Crippen LogP contribution is 2.27. The maximum Gasteiger partial charge on any atom is 0.0166 e. The van der Waals surface area contributed by atoms with Crippen molar-refractivity contribution < 1.29 is 0 Å². The van der Waals surface area contributed by atoms with E-state index in [1.807, 2.05) is 0 Å². The van der Waals surface area contributed by atoms with Gasteiger partial charge in [-0.2, -0.15) is 0 Å². The average molecular weight is 208 g/mol. The molecule has 1 fully saturated rings. The third kappa shape index (κ3) is 3.05. The Morgan fingerprint density at radius 2 is 2.40 bits per heavy atom. The molecule has 1 unspecified atom stereocenters. The van der Waals surface area contributed by atoms with Crippen LogP contribution in [0.5, 0.6) is 0 Å². The Labute approximate surface area is 93.7 Å². The molecular formula is C13H24N2. The highest BCUT2D eigenvalue weighted by atomic mass is 15.1. The lowest BCUT2D eigenvalue weighted by Gasteiger charge is -2.39. The number of rotatable bonds is 2. The highest BCUT2D eigenvalue weighted by Gasteiger charge is 2.29. The zero-order chi connectivity index (χ0) is 10.7. The predicted molar refractivity (Wildman–Crippen MR) is 65.0 cm³/mol. The molecule has 2 nitrogen and oxygen atoms in total. The summed E-state index contributed by atoms with van der Waals surface area (Å²) in [4.78, 5) is 2.61. The fourth-order valence-corrected chi connectivity index (χ4v) is 2.75. The van der Waals surface area contributed by atoms with Crippen LogP contribution in [0, 0.1) is 5.41 Å². The van der Waals surface area contributed by atoms with Crippen LogP contribution < -0.4 is 5.32 Å². The van der Waals surface area contributed by atoms with Crippen molar-refractivity contribution in [1.29, 1.82) is 0 Å². The van der Waals surface area contributed by atoms with Crippen molar-refractivity contribution in [3.8, 4) is 0 Å². The van der Waals surface area contributed by atoms with Gasteiger partial charge in [0.25, 0.3) is 0 Å². The molecule has 0 spiro atoms. The molecule has 86 valence electrons. The first-order valence-electron chi connectivity index (χ1n) is 6.27. The average Bonchev–Trinajstić information content (AvgIpc) is 2.22. The largest absolute Gasteiger partial charge is 0.316 e. The molecular weight excluding hydrogens is 184 g/mol. The molecule has 2 heterocycles. The standard InChI is InChI=1S/C13H24N2/c1-12-4-8-15(9-5-12)11-13(2)6-3-7-14-10-13/h4,14H,3,5-11H2,1-2H3. The van der Waals surface area contributed by atoms with Crippen LogP contribution in [0.3, 0.4) is 0 Å². The van der Waals surface area contributed by atoms with Gasteiger partial charge in [0, 0.05) is 26.2 Å². The summed E-state index contributed by atoms with van der Waals surface area (Å²) in [5, 5.41) is 3.53. The van der Waals surface area contributed by atoms with E-state index in [0.717, 1.165) is 0 Å². The molecule has 1 N–H and O–H groups in total. The summed E-state index contributed by atoms with van der Waals surface area (Å²) in [5.74, 6) is 0. The molecule has 0 radical (unpaired) electrons. The minimum absolute atomic E-state index is 0.511. The van der Waals surface area contributed by atoms with Crippen LogP contribution in [0.1, 0.15) is 33.1 Å². The Kier molecular flexibility index (Phi) is 3.47. The third-order valence-corrected chi connectivity index (χ3v) is 3.81. The summed E-state index contributed by atoms with van der Waals surface area (Å²) in [7, 11) is 0. The first kappa shape index (κ1) is 11.2. The number of hydrogen-bond donors (Lipinski definition) is 1. The van der Waals surface area contributed by atoms with Gasteiger partial charge in [-0.3, -0.25) is 4.90 Å². The zero-order valence-corrected chi connectivity index (χ0v) is 10.2. The van der Waals surface area contributed by atoms with Gasteiger partial charge in [-0.15, -0.1) is 0 Å². The molecule has 2 rings (SSSR count). The van der Waals surface area contributed by atoms with Crippen molar-refractivity contribution in [3.05, 3.63) is 11.6 Å². The quantitative estimate of drug-likeness (QED) is 0.699. The molecule has 0 aromatic heterocycles. The van der Waals surface area contributed by atoms with Gasteiger partial charge < -0.3 is 5.32 Å². The number of piperidine rings is 1. The first-order chi connectivity index (χ1) is 7.18. The van der Waals surface area contributed by atoms with E-state index in [1.165, 1.54) is 52.0 Å². The smallest absolute Gasteiger partial charge is 0.0166 e. The van der Waals surface area contributed by atoms with Crippen LogP contribution in [-0.2, 0) is 0 Å². The molecule has 0 aliphatic carbocycles. The number of nitrogens with one attached hydrogen (secondary N) is 1. The highest BCUT2D eigenvalue weighted by molar-refractivity contribution is 5.04. The number of hydrogen-bond acceptors (Lipinski definition) is 2. The molecule has 0 saturated carbocycles. The van der Waals surface area contributed by atoms with Crippen molar-refractivity contribution >= 4 is 0 Å². The second-order valence-electron chi connectivity index (χ2n) is 5.63. The van der Waals surface area contributed by atoms with Gasteiger partial charge in [0.15, 0.2) is 0 Å². The Balaban J connectivity index is 1.85. The van der Waals surface area contributed by atoms with Crippen LogP contribution in [0.4, 0.5) is 0 Å². The van der Waals surface area contributed by atoms with Crippen LogP contribution in [0.15, 0.2) is 11.6 Å². The molecule has 15 heavy (non-hydrogen) atoms. The van der Waals surface area contributed by atoms with E-state index in [4.69, 9.17) is 0 Å². The Morgan fingerprint density at radius 1 is 1.53 bits per heavy atom. The van der Waals surface area contributed by atoms with Gasteiger partial charge in [0.05, 0.1) is 0 Å².